The van der Waals surface area contributed by atoms with E-state index in [1.807, 2.05) is 37.9 Å². The van der Waals surface area contributed by atoms with Crippen molar-refractivity contribution < 1.29 is 9.53 Å². The number of carbonyl (C=O) groups is 1. The van der Waals surface area contributed by atoms with Gasteiger partial charge in [-0.15, -0.1) is 0 Å². The maximum atomic E-state index is 12.6. The number of likely N-dealkylation sites (tertiary alicyclic amines) is 1. The minimum Gasteiger partial charge on any atom is -0.444 e. The standard InChI is InChI=1S/C31H44N4O2/c1-28(2,3)37-27(36)35-19-15-31(21-35)13-17-34(18-14-31)26-32-16-10-25(33-26)22-8-9-23-24(20-22)30(6,7)12-11-29(23,4)5/h8-10,16,20H,11-15,17-19,21H2,1-7H3. The number of piperidine rings is 1. The van der Waals surface area contributed by atoms with E-state index < -0.39 is 5.60 Å². The van der Waals surface area contributed by atoms with Crippen molar-refractivity contribution >= 4 is 12.0 Å². The Labute approximate surface area is 222 Å². The van der Waals surface area contributed by atoms with Gasteiger partial charge in [-0.05, 0) is 92.4 Å². The van der Waals surface area contributed by atoms with Crippen LogP contribution in [0, 0.1) is 5.41 Å². The van der Waals surface area contributed by atoms with Crippen LogP contribution in [0.2, 0.25) is 0 Å². The summed E-state index contributed by atoms with van der Waals surface area (Å²) in [5.41, 5.74) is 5.20. The molecule has 1 spiro atoms. The number of carbonyl (C=O) groups excluding carboxylic acids is 1. The van der Waals surface area contributed by atoms with Gasteiger partial charge in [-0.1, -0.05) is 39.8 Å². The van der Waals surface area contributed by atoms with Crippen LogP contribution in [-0.4, -0.2) is 52.7 Å². The van der Waals surface area contributed by atoms with Crippen molar-refractivity contribution in [2.75, 3.05) is 31.1 Å². The van der Waals surface area contributed by atoms with Crippen LogP contribution in [0.4, 0.5) is 10.7 Å². The molecule has 0 N–H and O–H groups in total. The van der Waals surface area contributed by atoms with Gasteiger partial charge in [0.2, 0.25) is 5.95 Å². The smallest absolute Gasteiger partial charge is 0.410 e. The zero-order valence-electron chi connectivity index (χ0n) is 23.9. The molecule has 0 radical (unpaired) electrons. The predicted molar refractivity (Wildman–Crippen MR) is 149 cm³/mol. The van der Waals surface area contributed by atoms with Crippen molar-refractivity contribution in [3.8, 4) is 11.3 Å². The van der Waals surface area contributed by atoms with E-state index in [0.717, 1.165) is 57.1 Å². The lowest BCUT2D eigenvalue weighted by Gasteiger charge is -2.42. The third-order valence-corrected chi connectivity index (χ3v) is 8.99. The maximum Gasteiger partial charge on any atom is 0.410 e. The Bertz CT molecular complexity index is 1170. The minimum absolute atomic E-state index is 0.173. The molecule has 1 aromatic heterocycles. The molecule has 1 amide bonds. The quantitative estimate of drug-likeness (QED) is 0.454. The third-order valence-electron chi connectivity index (χ3n) is 8.99. The van der Waals surface area contributed by atoms with Crippen molar-refractivity contribution in [3.05, 3.63) is 41.6 Å². The van der Waals surface area contributed by atoms with Crippen molar-refractivity contribution in [2.45, 2.75) is 97.0 Å². The second-order valence-corrected chi connectivity index (χ2v) is 13.9. The number of benzene rings is 1. The molecular weight excluding hydrogens is 460 g/mol. The zero-order valence-corrected chi connectivity index (χ0v) is 23.9. The molecule has 0 unspecified atom stereocenters. The van der Waals surface area contributed by atoms with E-state index in [4.69, 9.17) is 9.72 Å². The number of anilines is 1. The van der Waals surface area contributed by atoms with Crippen LogP contribution in [-0.2, 0) is 15.6 Å². The Morgan fingerprint density at radius 2 is 1.54 bits per heavy atom. The summed E-state index contributed by atoms with van der Waals surface area (Å²) in [5, 5.41) is 0. The molecule has 5 rings (SSSR count). The summed E-state index contributed by atoms with van der Waals surface area (Å²) in [7, 11) is 0. The normalized spacial score (nSPS) is 22.1. The van der Waals surface area contributed by atoms with Crippen LogP contribution in [0.25, 0.3) is 11.3 Å². The molecule has 200 valence electrons. The lowest BCUT2D eigenvalue weighted by atomic mass is 9.63. The molecule has 2 saturated heterocycles. The Morgan fingerprint density at radius 1 is 0.892 bits per heavy atom. The molecule has 6 heteroatoms. The van der Waals surface area contributed by atoms with Gasteiger partial charge in [0, 0.05) is 37.9 Å². The number of rotatable bonds is 2. The predicted octanol–water partition coefficient (Wildman–Crippen LogP) is 6.72. The molecule has 6 nitrogen and oxygen atoms in total. The number of amides is 1. The highest BCUT2D eigenvalue weighted by molar-refractivity contribution is 5.68. The summed E-state index contributed by atoms with van der Waals surface area (Å²) in [4.78, 5) is 26.5. The van der Waals surface area contributed by atoms with Gasteiger partial charge in [0.1, 0.15) is 5.60 Å². The van der Waals surface area contributed by atoms with Gasteiger partial charge < -0.3 is 14.5 Å². The van der Waals surface area contributed by atoms with Crippen molar-refractivity contribution in [1.29, 1.82) is 0 Å². The summed E-state index contributed by atoms with van der Waals surface area (Å²) >= 11 is 0. The highest BCUT2D eigenvalue weighted by atomic mass is 16.6. The SMILES string of the molecule is CC(C)(C)OC(=O)N1CCC2(CCN(c3nccc(-c4ccc5c(c4)C(C)(C)CCC5(C)C)n3)CC2)C1. The second kappa shape index (κ2) is 8.99. The molecule has 3 heterocycles. The van der Waals surface area contributed by atoms with Crippen LogP contribution >= 0.6 is 0 Å². The van der Waals surface area contributed by atoms with E-state index in [-0.39, 0.29) is 22.3 Å². The fraction of sp³-hybridized carbons (Fsp3) is 0.645. The van der Waals surface area contributed by atoms with E-state index in [1.165, 1.54) is 29.5 Å². The van der Waals surface area contributed by atoms with Crippen molar-refractivity contribution in [1.82, 2.24) is 14.9 Å². The summed E-state index contributed by atoms with van der Waals surface area (Å²) in [6.07, 6.45) is 7.27. The minimum atomic E-state index is -0.456. The summed E-state index contributed by atoms with van der Waals surface area (Å²) in [6.45, 7) is 18.6. The van der Waals surface area contributed by atoms with Crippen molar-refractivity contribution in [3.63, 3.8) is 0 Å². The zero-order chi connectivity index (χ0) is 26.6. The summed E-state index contributed by atoms with van der Waals surface area (Å²) < 4.78 is 5.62. The van der Waals surface area contributed by atoms with Crippen molar-refractivity contribution in [2.24, 2.45) is 5.41 Å². The molecule has 37 heavy (non-hydrogen) atoms. The average molecular weight is 505 g/mol. The van der Waals surface area contributed by atoms with E-state index in [0.29, 0.717) is 0 Å². The Kier molecular flexibility index (Phi) is 6.32. The first kappa shape index (κ1) is 26.0. The topological polar surface area (TPSA) is 58.6 Å². The number of hydrogen-bond acceptors (Lipinski definition) is 5. The van der Waals surface area contributed by atoms with E-state index in [9.17, 15) is 4.79 Å². The molecule has 0 saturated carbocycles. The Morgan fingerprint density at radius 3 is 2.22 bits per heavy atom. The molecule has 3 aliphatic rings. The molecule has 2 fully saturated rings. The van der Waals surface area contributed by atoms with E-state index in [1.54, 1.807) is 0 Å². The highest BCUT2D eigenvalue weighted by Gasteiger charge is 2.43. The molecular formula is C31H44N4O2. The van der Waals surface area contributed by atoms with Gasteiger partial charge in [0.25, 0.3) is 0 Å². The van der Waals surface area contributed by atoms with Gasteiger partial charge in [-0.25, -0.2) is 14.8 Å². The number of fused-ring (bicyclic) bond motifs is 1. The fourth-order valence-electron chi connectivity index (χ4n) is 6.42. The first-order chi connectivity index (χ1) is 17.3. The molecule has 1 aliphatic carbocycles. The fourth-order valence-corrected chi connectivity index (χ4v) is 6.42. The highest BCUT2D eigenvalue weighted by Crippen LogP contribution is 2.47. The van der Waals surface area contributed by atoms with Gasteiger partial charge in [0.05, 0.1) is 5.69 Å². The molecule has 0 atom stereocenters. The number of aromatic nitrogens is 2. The molecule has 2 aliphatic heterocycles. The number of ether oxygens (including phenoxy) is 1. The summed E-state index contributed by atoms with van der Waals surface area (Å²) in [6, 6.07) is 8.97. The molecule has 2 aromatic rings. The summed E-state index contributed by atoms with van der Waals surface area (Å²) in [5.74, 6) is 0.812. The van der Waals surface area contributed by atoms with E-state index >= 15 is 0 Å². The molecule has 0 bridgehead atoms. The molecule has 1 aromatic carbocycles. The van der Waals surface area contributed by atoms with Crippen LogP contribution in [0.3, 0.4) is 0 Å². The van der Waals surface area contributed by atoms with E-state index in [2.05, 4.69) is 55.8 Å². The third kappa shape index (κ3) is 5.21. The van der Waals surface area contributed by atoms with Gasteiger partial charge in [-0.2, -0.15) is 0 Å². The average Bonchev–Trinajstić information content (AvgIpc) is 3.25. The Hall–Kier alpha value is -2.63. The second-order valence-electron chi connectivity index (χ2n) is 13.9. The monoisotopic (exact) mass is 504 g/mol. The lowest BCUT2D eigenvalue weighted by molar-refractivity contribution is 0.0266. The van der Waals surface area contributed by atoms with Crippen LogP contribution in [0.15, 0.2) is 30.5 Å². The van der Waals surface area contributed by atoms with Gasteiger partial charge in [-0.3, -0.25) is 0 Å². The van der Waals surface area contributed by atoms with Gasteiger partial charge >= 0.3 is 6.09 Å². The Balaban J connectivity index is 1.29. The van der Waals surface area contributed by atoms with Crippen LogP contribution < -0.4 is 4.90 Å². The number of nitrogens with zero attached hydrogens (tertiary/aromatic N) is 4. The maximum absolute atomic E-state index is 12.6. The number of hydrogen-bond donors (Lipinski definition) is 0. The first-order valence-corrected chi connectivity index (χ1v) is 14.0. The van der Waals surface area contributed by atoms with Gasteiger partial charge in [0.15, 0.2) is 0 Å². The first-order valence-electron chi connectivity index (χ1n) is 14.0. The largest absolute Gasteiger partial charge is 0.444 e. The lowest BCUT2D eigenvalue weighted by Crippen LogP contribution is -2.43. The van der Waals surface area contributed by atoms with Crippen LogP contribution in [0.5, 0.6) is 0 Å². The van der Waals surface area contributed by atoms with Crippen LogP contribution in [0.1, 0.15) is 91.7 Å².